The lowest BCUT2D eigenvalue weighted by Crippen LogP contribution is -2.20. The highest BCUT2D eigenvalue weighted by Crippen LogP contribution is 2.20. The van der Waals surface area contributed by atoms with Crippen LogP contribution < -0.4 is 10.7 Å². The predicted molar refractivity (Wildman–Crippen MR) is 97.8 cm³/mol. The zero-order chi connectivity index (χ0) is 17.3. The Hall–Kier alpha value is -2.59. The Morgan fingerprint density at radius 1 is 1.12 bits per heavy atom. The van der Waals surface area contributed by atoms with Gasteiger partial charge in [-0.25, -0.2) is 0 Å². The first-order valence-electron chi connectivity index (χ1n) is 7.60. The highest BCUT2D eigenvalue weighted by Gasteiger charge is 2.09. The molecule has 0 aliphatic carbocycles. The molecule has 0 radical (unpaired) electrons. The number of carbonyl (C=O) groups excluding carboxylic acids is 1. The van der Waals surface area contributed by atoms with Crippen molar-refractivity contribution < 1.29 is 4.79 Å². The molecular weight excluding hydrogens is 324 g/mol. The summed E-state index contributed by atoms with van der Waals surface area (Å²) >= 11 is 5.93. The van der Waals surface area contributed by atoms with E-state index in [1.807, 2.05) is 32.0 Å². The number of aryl methyl sites for hydroxylation is 2. The average molecular weight is 341 g/mol. The lowest BCUT2D eigenvalue weighted by Gasteiger charge is -2.13. The van der Waals surface area contributed by atoms with E-state index in [0.717, 1.165) is 22.3 Å². The highest BCUT2D eigenvalue weighted by molar-refractivity contribution is 6.30. The Morgan fingerprint density at radius 2 is 1.92 bits per heavy atom. The van der Waals surface area contributed by atoms with Crippen LogP contribution in [0.3, 0.4) is 0 Å². The fourth-order valence-electron chi connectivity index (χ4n) is 2.68. The number of hydrogen-bond donors (Lipinski definition) is 1. The van der Waals surface area contributed by atoms with Gasteiger partial charge in [0.15, 0.2) is 5.43 Å². The van der Waals surface area contributed by atoms with Crippen molar-refractivity contribution in [2.45, 2.75) is 20.4 Å². The molecular formula is C19H17ClN2O2. The number of anilines is 1. The lowest BCUT2D eigenvalue weighted by atomic mass is 10.1. The summed E-state index contributed by atoms with van der Waals surface area (Å²) in [5.41, 5.74) is 3.34. The van der Waals surface area contributed by atoms with E-state index < -0.39 is 0 Å². The summed E-state index contributed by atoms with van der Waals surface area (Å²) in [6.45, 7) is 3.95. The summed E-state index contributed by atoms with van der Waals surface area (Å²) in [7, 11) is 0. The maximum Gasteiger partial charge on any atom is 0.244 e. The monoisotopic (exact) mass is 340 g/mol. The van der Waals surface area contributed by atoms with Gasteiger partial charge < -0.3 is 9.88 Å². The van der Waals surface area contributed by atoms with E-state index >= 15 is 0 Å². The van der Waals surface area contributed by atoms with Gasteiger partial charge in [0, 0.05) is 28.4 Å². The van der Waals surface area contributed by atoms with Crippen molar-refractivity contribution in [3.8, 4) is 0 Å². The minimum absolute atomic E-state index is 0.0427. The summed E-state index contributed by atoms with van der Waals surface area (Å²) in [6, 6.07) is 12.4. The number of carbonyl (C=O) groups is 1. The van der Waals surface area contributed by atoms with Crippen LogP contribution in [0.2, 0.25) is 5.02 Å². The van der Waals surface area contributed by atoms with E-state index in [4.69, 9.17) is 11.6 Å². The maximum atomic E-state index is 12.4. The first-order chi connectivity index (χ1) is 11.4. The van der Waals surface area contributed by atoms with E-state index in [1.54, 1.807) is 29.0 Å². The van der Waals surface area contributed by atoms with Gasteiger partial charge in [0.25, 0.3) is 0 Å². The zero-order valence-electron chi connectivity index (χ0n) is 13.5. The molecule has 24 heavy (non-hydrogen) atoms. The van der Waals surface area contributed by atoms with Crippen molar-refractivity contribution in [1.29, 1.82) is 0 Å². The first-order valence-corrected chi connectivity index (χ1v) is 7.97. The number of halogens is 1. The van der Waals surface area contributed by atoms with Crippen LogP contribution in [0, 0.1) is 13.8 Å². The van der Waals surface area contributed by atoms with Crippen LogP contribution in [0.25, 0.3) is 10.9 Å². The Morgan fingerprint density at radius 3 is 2.67 bits per heavy atom. The maximum absolute atomic E-state index is 12.4. The van der Waals surface area contributed by atoms with Gasteiger partial charge >= 0.3 is 0 Å². The van der Waals surface area contributed by atoms with Crippen molar-refractivity contribution >= 4 is 34.1 Å². The molecule has 0 saturated heterocycles. The second-order valence-electron chi connectivity index (χ2n) is 5.84. The fourth-order valence-corrected chi connectivity index (χ4v) is 2.90. The second kappa shape index (κ2) is 6.49. The summed E-state index contributed by atoms with van der Waals surface area (Å²) in [5.74, 6) is -0.161. The van der Waals surface area contributed by atoms with Crippen molar-refractivity contribution in [3.63, 3.8) is 0 Å². The number of benzene rings is 2. The van der Waals surface area contributed by atoms with Gasteiger partial charge in [-0.2, -0.15) is 0 Å². The molecule has 3 aromatic rings. The minimum Gasteiger partial charge on any atom is -0.338 e. The standard InChI is InChI=1S/C19H17ClN2O2/c1-12-3-6-17-15(9-12)18(23)7-8-22(17)11-19(24)21-16-5-4-14(20)10-13(16)2/h3-10H,11H2,1-2H3,(H,21,24). The third-order valence-corrected chi connectivity index (χ3v) is 4.14. The quantitative estimate of drug-likeness (QED) is 0.786. The van der Waals surface area contributed by atoms with Crippen LogP contribution in [0.5, 0.6) is 0 Å². The van der Waals surface area contributed by atoms with Crippen LogP contribution in [-0.2, 0) is 11.3 Å². The Balaban J connectivity index is 1.88. The molecule has 3 rings (SSSR count). The average Bonchev–Trinajstić information content (AvgIpc) is 2.53. The largest absolute Gasteiger partial charge is 0.338 e. The summed E-state index contributed by atoms with van der Waals surface area (Å²) in [6.07, 6.45) is 1.65. The molecule has 0 spiro atoms. The van der Waals surface area contributed by atoms with Crippen LogP contribution in [-0.4, -0.2) is 10.5 Å². The second-order valence-corrected chi connectivity index (χ2v) is 6.27. The first kappa shape index (κ1) is 16.3. The molecule has 5 heteroatoms. The van der Waals surface area contributed by atoms with Crippen LogP contribution in [0.1, 0.15) is 11.1 Å². The molecule has 0 atom stereocenters. The molecule has 0 aliphatic rings. The van der Waals surface area contributed by atoms with Crippen LogP contribution in [0.4, 0.5) is 5.69 Å². The van der Waals surface area contributed by atoms with Crippen molar-refractivity contribution in [3.05, 3.63) is 75.0 Å². The molecule has 0 aliphatic heterocycles. The van der Waals surface area contributed by atoms with Crippen molar-refractivity contribution in [2.24, 2.45) is 0 Å². The Kier molecular flexibility index (Phi) is 4.40. The smallest absolute Gasteiger partial charge is 0.244 e. The summed E-state index contributed by atoms with van der Waals surface area (Å²) < 4.78 is 1.77. The molecule has 0 bridgehead atoms. The van der Waals surface area contributed by atoms with Gasteiger partial charge in [-0.15, -0.1) is 0 Å². The van der Waals surface area contributed by atoms with Gasteiger partial charge in [0.1, 0.15) is 6.54 Å². The van der Waals surface area contributed by atoms with Crippen molar-refractivity contribution in [1.82, 2.24) is 4.57 Å². The van der Waals surface area contributed by atoms with Crippen LogP contribution >= 0.6 is 11.6 Å². The van der Waals surface area contributed by atoms with E-state index in [9.17, 15) is 9.59 Å². The lowest BCUT2D eigenvalue weighted by molar-refractivity contribution is -0.116. The number of pyridine rings is 1. The predicted octanol–water partition coefficient (Wildman–Crippen LogP) is 3.91. The number of fused-ring (bicyclic) bond motifs is 1. The SMILES string of the molecule is Cc1ccc2c(c1)c(=O)ccn2CC(=O)Nc1ccc(Cl)cc1C. The number of aromatic nitrogens is 1. The molecule has 1 aromatic heterocycles. The van der Waals surface area contributed by atoms with Crippen molar-refractivity contribution in [2.75, 3.05) is 5.32 Å². The Bertz CT molecular complexity index is 992. The molecule has 0 unspecified atom stereocenters. The number of hydrogen-bond acceptors (Lipinski definition) is 2. The van der Waals surface area contributed by atoms with E-state index in [1.165, 1.54) is 6.07 Å². The molecule has 1 heterocycles. The van der Waals surface area contributed by atoms with Gasteiger partial charge in [0.2, 0.25) is 5.91 Å². The molecule has 122 valence electrons. The molecule has 1 amide bonds. The van der Waals surface area contributed by atoms with E-state index in [-0.39, 0.29) is 17.9 Å². The summed E-state index contributed by atoms with van der Waals surface area (Å²) in [5, 5.41) is 4.13. The summed E-state index contributed by atoms with van der Waals surface area (Å²) in [4.78, 5) is 24.4. The molecule has 0 fully saturated rings. The van der Waals surface area contributed by atoms with Gasteiger partial charge in [0.05, 0.1) is 5.52 Å². The number of nitrogens with zero attached hydrogens (tertiary/aromatic N) is 1. The Labute approximate surface area is 144 Å². The van der Waals surface area contributed by atoms with Gasteiger partial charge in [-0.1, -0.05) is 23.2 Å². The zero-order valence-corrected chi connectivity index (χ0v) is 14.2. The number of nitrogens with one attached hydrogen (secondary N) is 1. The van der Waals surface area contributed by atoms with Gasteiger partial charge in [-0.3, -0.25) is 9.59 Å². The highest BCUT2D eigenvalue weighted by atomic mass is 35.5. The van der Waals surface area contributed by atoms with E-state index in [0.29, 0.717) is 10.4 Å². The molecule has 2 aromatic carbocycles. The molecule has 0 saturated carbocycles. The third-order valence-electron chi connectivity index (χ3n) is 3.91. The normalized spacial score (nSPS) is 10.8. The topological polar surface area (TPSA) is 51.1 Å². The van der Waals surface area contributed by atoms with Crippen LogP contribution in [0.15, 0.2) is 53.5 Å². The fraction of sp³-hybridized carbons (Fsp3) is 0.158. The third kappa shape index (κ3) is 3.34. The number of amides is 1. The molecule has 1 N–H and O–H groups in total. The molecule has 4 nitrogen and oxygen atoms in total. The van der Waals surface area contributed by atoms with Gasteiger partial charge in [-0.05, 0) is 49.7 Å². The van der Waals surface area contributed by atoms with E-state index in [2.05, 4.69) is 5.32 Å². The number of rotatable bonds is 3. The minimum atomic E-state index is -0.161.